The highest BCUT2D eigenvalue weighted by molar-refractivity contribution is 6.30. The fourth-order valence-corrected chi connectivity index (χ4v) is 2.35. The van der Waals surface area contributed by atoms with Gasteiger partial charge < -0.3 is 11.1 Å². The van der Waals surface area contributed by atoms with Crippen molar-refractivity contribution in [2.24, 2.45) is 11.7 Å². The first-order chi connectivity index (χ1) is 10.5. The van der Waals surface area contributed by atoms with E-state index in [1.54, 1.807) is 29.2 Å². The molecule has 0 saturated carbocycles. The van der Waals surface area contributed by atoms with Crippen molar-refractivity contribution in [2.45, 2.75) is 26.3 Å². The Kier molecular flexibility index (Phi) is 7.55. The van der Waals surface area contributed by atoms with Crippen molar-refractivity contribution in [1.82, 2.24) is 15.1 Å². The number of nitrogens with zero attached hydrogens (tertiary/aromatic N) is 2. The van der Waals surface area contributed by atoms with Crippen molar-refractivity contribution in [3.05, 3.63) is 47.2 Å². The molecule has 0 fully saturated rings. The van der Waals surface area contributed by atoms with Crippen molar-refractivity contribution in [2.75, 3.05) is 6.54 Å². The van der Waals surface area contributed by atoms with Crippen LogP contribution in [-0.2, 0) is 0 Å². The number of halogens is 2. The van der Waals surface area contributed by atoms with E-state index in [0.717, 1.165) is 12.1 Å². The van der Waals surface area contributed by atoms with Crippen LogP contribution in [0.4, 0.5) is 0 Å². The number of nitrogens with two attached hydrogens (primary N) is 1. The van der Waals surface area contributed by atoms with E-state index in [2.05, 4.69) is 24.3 Å². The van der Waals surface area contributed by atoms with Crippen molar-refractivity contribution in [3.63, 3.8) is 0 Å². The molecule has 1 aromatic carbocycles. The molecule has 0 saturated heterocycles. The summed E-state index contributed by atoms with van der Waals surface area (Å²) < 4.78 is 1.64. The zero-order valence-corrected chi connectivity index (χ0v) is 14.8. The van der Waals surface area contributed by atoms with Gasteiger partial charge in [0.15, 0.2) is 0 Å². The molecule has 23 heavy (non-hydrogen) atoms. The molecule has 1 amide bonds. The van der Waals surface area contributed by atoms with E-state index in [1.165, 1.54) is 0 Å². The summed E-state index contributed by atoms with van der Waals surface area (Å²) in [5, 5.41) is 7.82. The average molecular weight is 357 g/mol. The number of nitrogens with one attached hydrogen (secondary N) is 1. The fourth-order valence-electron chi connectivity index (χ4n) is 2.23. The van der Waals surface area contributed by atoms with Crippen molar-refractivity contribution < 1.29 is 4.79 Å². The van der Waals surface area contributed by atoms with Gasteiger partial charge in [0.1, 0.15) is 0 Å². The number of aromatic nitrogens is 2. The number of benzene rings is 1. The lowest BCUT2D eigenvalue weighted by Gasteiger charge is -2.18. The van der Waals surface area contributed by atoms with Crippen LogP contribution in [0.2, 0.25) is 5.02 Å². The molecule has 1 atom stereocenters. The van der Waals surface area contributed by atoms with Gasteiger partial charge in [-0.1, -0.05) is 25.4 Å². The molecule has 1 unspecified atom stereocenters. The summed E-state index contributed by atoms with van der Waals surface area (Å²) in [6.07, 6.45) is 4.10. The smallest absolute Gasteiger partial charge is 0.254 e. The Morgan fingerprint density at radius 3 is 2.57 bits per heavy atom. The molecule has 0 aliphatic rings. The maximum absolute atomic E-state index is 12.3. The third-order valence-electron chi connectivity index (χ3n) is 3.31. The average Bonchev–Trinajstić information content (AvgIpc) is 2.96. The van der Waals surface area contributed by atoms with Crippen LogP contribution in [0.3, 0.4) is 0 Å². The highest BCUT2D eigenvalue weighted by Crippen LogP contribution is 2.13. The molecule has 2 aromatic rings. The molecule has 1 aromatic heterocycles. The van der Waals surface area contributed by atoms with Crippen LogP contribution in [0, 0.1) is 5.92 Å². The van der Waals surface area contributed by atoms with Gasteiger partial charge in [0.2, 0.25) is 0 Å². The van der Waals surface area contributed by atoms with E-state index in [9.17, 15) is 4.79 Å². The lowest BCUT2D eigenvalue weighted by molar-refractivity contribution is 0.0934. The summed E-state index contributed by atoms with van der Waals surface area (Å²) in [7, 11) is 0. The molecule has 3 N–H and O–H groups in total. The van der Waals surface area contributed by atoms with Crippen LogP contribution in [0.5, 0.6) is 0 Å². The standard InChI is InChI=1S/C16H21ClN4O.ClH/c1-11(2)7-14(8-18)20-16(22)12-9-19-21(10-12)15-5-3-13(17)4-6-15;/h3-6,9-11,14H,7-8,18H2,1-2H3,(H,20,22);1H. The number of carbonyl (C=O) groups is 1. The van der Waals surface area contributed by atoms with Crippen LogP contribution in [0.1, 0.15) is 30.6 Å². The van der Waals surface area contributed by atoms with Crippen molar-refractivity contribution in [1.29, 1.82) is 0 Å². The van der Waals surface area contributed by atoms with Gasteiger partial charge in [-0.2, -0.15) is 5.10 Å². The second-order valence-electron chi connectivity index (χ2n) is 5.69. The van der Waals surface area contributed by atoms with Crippen LogP contribution in [0.15, 0.2) is 36.7 Å². The number of amides is 1. The monoisotopic (exact) mass is 356 g/mol. The van der Waals surface area contributed by atoms with E-state index in [-0.39, 0.29) is 24.4 Å². The maximum Gasteiger partial charge on any atom is 0.254 e. The zero-order chi connectivity index (χ0) is 16.1. The minimum Gasteiger partial charge on any atom is -0.348 e. The van der Waals surface area contributed by atoms with Gasteiger partial charge in [0, 0.05) is 23.8 Å². The van der Waals surface area contributed by atoms with Gasteiger partial charge in [-0.05, 0) is 36.6 Å². The predicted octanol–water partition coefficient (Wildman–Crippen LogP) is 3.05. The van der Waals surface area contributed by atoms with Crippen LogP contribution in [-0.4, -0.2) is 28.3 Å². The van der Waals surface area contributed by atoms with E-state index < -0.39 is 0 Å². The lowest BCUT2D eigenvalue weighted by atomic mass is 10.0. The van der Waals surface area contributed by atoms with Crippen LogP contribution < -0.4 is 11.1 Å². The summed E-state index contributed by atoms with van der Waals surface area (Å²) in [5.41, 5.74) is 7.07. The van der Waals surface area contributed by atoms with E-state index in [1.807, 2.05) is 12.1 Å². The van der Waals surface area contributed by atoms with Gasteiger partial charge in [0.25, 0.3) is 5.91 Å². The number of hydrogen-bond donors (Lipinski definition) is 2. The minimum absolute atomic E-state index is 0. The largest absolute Gasteiger partial charge is 0.348 e. The molecular formula is C16H22Cl2N4O. The molecule has 0 spiro atoms. The Bertz CT molecular complexity index is 625. The molecule has 0 radical (unpaired) electrons. The SMILES string of the molecule is CC(C)CC(CN)NC(=O)c1cnn(-c2ccc(Cl)cc2)c1.Cl. The van der Waals surface area contributed by atoms with Gasteiger partial charge >= 0.3 is 0 Å². The molecule has 126 valence electrons. The first-order valence-corrected chi connectivity index (χ1v) is 7.69. The molecular weight excluding hydrogens is 335 g/mol. The number of hydrogen-bond acceptors (Lipinski definition) is 3. The normalized spacial score (nSPS) is 11.9. The molecule has 1 heterocycles. The first-order valence-electron chi connectivity index (χ1n) is 7.31. The van der Waals surface area contributed by atoms with Crippen molar-refractivity contribution >= 4 is 29.9 Å². The van der Waals surface area contributed by atoms with E-state index >= 15 is 0 Å². The highest BCUT2D eigenvalue weighted by atomic mass is 35.5. The Morgan fingerprint density at radius 2 is 2.00 bits per heavy atom. The highest BCUT2D eigenvalue weighted by Gasteiger charge is 2.15. The van der Waals surface area contributed by atoms with Crippen LogP contribution in [0.25, 0.3) is 5.69 Å². The summed E-state index contributed by atoms with van der Waals surface area (Å²) in [6, 6.07) is 7.24. The molecule has 0 aliphatic carbocycles. The summed E-state index contributed by atoms with van der Waals surface area (Å²) in [4.78, 5) is 12.3. The molecule has 0 aliphatic heterocycles. The van der Waals surface area contributed by atoms with Gasteiger partial charge in [-0.3, -0.25) is 4.79 Å². The predicted molar refractivity (Wildman–Crippen MR) is 95.6 cm³/mol. The molecule has 7 heteroatoms. The Morgan fingerprint density at radius 1 is 1.35 bits per heavy atom. The summed E-state index contributed by atoms with van der Waals surface area (Å²) in [5.74, 6) is 0.321. The Balaban J connectivity index is 0.00000264. The Hall–Kier alpha value is -1.56. The quantitative estimate of drug-likeness (QED) is 0.835. The van der Waals surface area contributed by atoms with Gasteiger partial charge in [0.05, 0.1) is 17.4 Å². The second-order valence-corrected chi connectivity index (χ2v) is 6.12. The number of carbonyl (C=O) groups excluding carboxylic acids is 1. The summed E-state index contributed by atoms with van der Waals surface area (Å²) >= 11 is 5.86. The molecule has 0 bridgehead atoms. The second kappa shape index (κ2) is 8.91. The minimum atomic E-state index is -0.156. The lowest BCUT2D eigenvalue weighted by Crippen LogP contribution is -2.40. The molecule has 2 rings (SSSR count). The fraction of sp³-hybridized carbons (Fsp3) is 0.375. The maximum atomic E-state index is 12.3. The van der Waals surface area contributed by atoms with Crippen LogP contribution >= 0.6 is 24.0 Å². The zero-order valence-electron chi connectivity index (χ0n) is 13.2. The van der Waals surface area contributed by atoms with E-state index in [0.29, 0.717) is 23.0 Å². The van der Waals surface area contributed by atoms with Gasteiger partial charge in [-0.25, -0.2) is 4.68 Å². The van der Waals surface area contributed by atoms with Gasteiger partial charge in [-0.15, -0.1) is 12.4 Å². The third kappa shape index (κ3) is 5.53. The Labute approximate surface area is 147 Å². The summed E-state index contributed by atoms with van der Waals surface area (Å²) in [6.45, 7) is 4.63. The van der Waals surface area contributed by atoms with E-state index in [4.69, 9.17) is 17.3 Å². The van der Waals surface area contributed by atoms with Crippen molar-refractivity contribution in [3.8, 4) is 5.69 Å². The molecule has 5 nitrogen and oxygen atoms in total. The topological polar surface area (TPSA) is 72.9 Å². The first kappa shape index (κ1) is 19.5. The number of rotatable bonds is 6. The third-order valence-corrected chi connectivity index (χ3v) is 3.56.